The number of aromatic hydroxyl groups is 1. The van der Waals surface area contributed by atoms with E-state index in [1.165, 1.54) is 0 Å². The van der Waals surface area contributed by atoms with Crippen LogP contribution >= 0.6 is 11.6 Å². The maximum Gasteiger partial charge on any atom is 0.183 e. The second-order valence-corrected chi connectivity index (χ2v) is 5.88. The number of aliphatic hydroxyl groups excluding tert-OH is 1. The molecule has 1 atom stereocenters. The van der Waals surface area contributed by atoms with Crippen LogP contribution < -0.4 is 0 Å². The number of rotatable bonds is 5. The molecule has 3 aromatic rings. The molecule has 1 aromatic heterocycles. The number of benzene rings is 2. The Kier molecular flexibility index (Phi) is 4.83. The van der Waals surface area contributed by atoms with Gasteiger partial charge in [0.05, 0.1) is 5.02 Å². The molecule has 0 aliphatic heterocycles. The molecule has 0 aliphatic rings. The lowest BCUT2D eigenvalue weighted by molar-refractivity contribution is 0.209. The number of phenolic OH excluding ortho intramolecular Hbond substituents is 1. The fourth-order valence-corrected chi connectivity index (χ4v) is 2.72. The predicted octanol–water partition coefficient (Wildman–Crippen LogP) is 3.33. The zero-order chi connectivity index (χ0) is 17.1. The summed E-state index contributed by atoms with van der Waals surface area (Å²) in [7, 11) is 0. The van der Waals surface area contributed by atoms with Crippen molar-refractivity contribution in [3.63, 3.8) is 0 Å². The highest BCUT2D eigenvalue weighted by Crippen LogP contribution is 2.25. The summed E-state index contributed by atoms with van der Waals surface area (Å²) in [6, 6.07) is 14.4. The highest BCUT2D eigenvalue weighted by Gasteiger charge is 2.18. The first kappa shape index (κ1) is 16.5. The van der Waals surface area contributed by atoms with Crippen LogP contribution in [0.2, 0.25) is 5.02 Å². The van der Waals surface area contributed by atoms with E-state index in [1.807, 2.05) is 37.3 Å². The Bertz CT molecular complexity index is 834. The molecule has 124 valence electrons. The lowest BCUT2D eigenvalue weighted by atomic mass is 10.1. The van der Waals surface area contributed by atoms with E-state index in [1.54, 1.807) is 22.9 Å². The van der Waals surface area contributed by atoms with E-state index >= 15 is 0 Å². The van der Waals surface area contributed by atoms with Crippen LogP contribution in [0, 0.1) is 0 Å². The molecule has 2 N–H and O–H groups in total. The Hall–Kier alpha value is -2.37. The van der Waals surface area contributed by atoms with Gasteiger partial charge in [-0.15, -0.1) is 0 Å². The number of hydrogen-bond donors (Lipinski definition) is 2. The van der Waals surface area contributed by atoms with Crippen LogP contribution in [-0.2, 0) is 13.0 Å². The van der Waals surface area contributed by atoms with Crippen LogP contribution in [0.5, 0.6) is 5.75 Å². The quantitative estimate of drug-likeness (QED) is 0.745. The molecular formula is C18H18ClN3O2. The van der Waals surface area contributed by atoms with Gasteiger partial charge in [-0.3, -0.25) is 0 Å². The molecule has 5 nitrogen and oxygen atoms in total. The number of aliphatic hydroxyl groups is 1. The van der Waals surface area contributed by atoms with Crippen molar-refractivity contribution in [2.75, 3.05) is 0 Å². The summed E-state index contributed by atoms with van der Waals surface area (Å²) in [6.45, 7) is 2.62. The summed E-state index contributed by atoms with van der Waals surface area (Å²) in [5.74, 6) is 1.17. The average molecular weight is 344 g/mol. The van der Waals surface area contributed by atoms with Crippen LogP contribution in [0.1, 0.15) is 35.8 Å². The van der Waals surface area contributed by atoms with Gasteiger partial charge in [0, 0.05) is 13.0 Å². The molecule has 0 saturated carbocycles. The molecule has 2 aromatic carbocycles. The number of halogens is 1. The SMILES string of the molecule is CCn1nc([C@H](O)c2ccccc2)nc1Cc1ccc(O)c(Cl)c1. The van der Waals surface area contributed by atoms with Crippen LogP contribution in [0.15, 0.2) is 48.5 Å². The van der Waals surface area contributed by atoms with Crippen LogP contribution in [0.3, 0.4) is 0 Å². The first-order valence-corrected chi connectivity index (χ1v) is 8.10. The van der Waals surface area contributed by atoms with Crippen molar-refractivity contribution in [3.05, 3.63) is 76.3 Å². The Balaban J connectivity index is 1.89. The summed E-state index contributed by atoms with van der Waals surface area (Å²) in [6.07, 6.45) is -0.344. The number of aryl methyl sites for hydroxylation is 1. The highest BCUT2D eigenvalue weighted by molar-refractivity contribution is 6.32. The van der Waals surface area contributed by atoms with Gasteiger partial charge in [0.1, 0.15) is 17.7 Å². The number of phenols is 1. The molecule has 0 unspecified atom stereocenters. The van der Waals surface area contributed by atoms with Crippen molar-refractivity contribution in [2.45, 2.75) is 26.0 Å². The molecular weight excluding hydrogens is 326 g/mol. The zero-order valence-corrected chi connectivity index (χ0v) is 14.0. The van der Waals surface area contributed by atoms with E-state index in [0.29, 0.717) is 23.8 Å². The third kappa shape index (κ3) is 3.42. The van der Waals surface area contributed by atoms with Crippen molar-refractivity contribution in [2.24, 2.45) is 0 Å². The molecule has 0 spiro atoms. The fourth-order valence-electron chi connectivity index (χ4n) is 2.52. The molecule has 1 heterocycles. The number of nitrogens with zero attached hydrogens (tertiary/aromatic N) is 3. The molecule has 0 saturated heterocycles. The van der Waals surface area contributed by atoms with Crippen molar-refractivity contribution in [3.8, 4) is 5.75 Å². The lowest BCUT2D eigenvalue weighted by Gasteiger charge is -2.05. The Labute approximate surface area is 145 Å². The molecule has 24 heavy (non-hydrogen) atoms. The van der Waals surface area contributed by atoms with E-state index in [9.17, 15) is 10.2 Å². The highest BCUT2D eigenvalue weighted by atomic mass is 35.5. The van der Waals surface area contributed by atoms with Gasteiger partial charge in [-0.05, 0) is 30.2 Å². The zero-order valence-electron chi connectivity index (χ0n) is 13.2. The summed E-state index contributed by atoms with van der Waals surface area (Å²) in [5.41, 5.74) is 1.67. The second kappa shape index (κ2) is 7.03. The van der Waals surface area contributed by atoms with Gasteiger partial charge in [0.15, 0.2) is 5.82 Å². The topological polar surface area (TPSA) is 71.2 Å². The maximum absolute atomic E-state index is 10.5. The van der Waals surface area contributed by atoms with Crippen molar-refractivity contribution < 1.29 is 10.2 Å². The molecule has 0 amide bonds. The van der Waals surface area contributed by atoms with Crippen LogP contribution in [0.4, 0.5) is 0 Å². The fraction of sp³-hybridized carbons (Fsp3) is 0.222. The van der Waals surface area contributed by atoms with Gasteiger partial charge in [-0.2, -0.15) is 5.10 Å². The van der Waals surface area contributed by atoms with E-state index in [4.69, 9.17) is 11.6 Å². The van der Waals surface area contributed by atoms with E-state index in [-0.39, 0.29) is 5.75 Å². The molecule has 0 fully saturated rings. The largest absolute Gasteiger partial charge is 0.506 e. The minimum Gasteiger partial charge on any atom is -0.506 e. The molecule has 6 heteroatoms. The van der Waals surface area contributed by atoms with Crippen LogP contribution in [-0.4, -0.2) is 25.0 Å². The second-order valence-electron chi connectivity index (χ2n) is 5.48. The Morgan fingerprint density at radius 3 is 2.58 bits per heavy atom. The third-order valence-electron chi connectivity index (χ3n) is 3.80. The molecule has 0 bridgehead atoms. The van der Waals surface area contributed by atoms with Gasteiger partial charge in [0.25, 0.3) is 0 Å². The Morgan fingerprint density at radius 1 is 1.17 bits per heavy atom. The molecule has 3 rings (SSSR count). The minimum absolute atomic E-state index is 0.0533. The predicted molar refractivity (Wildman–Crippen MR) is 92.1 cm³/mol. The average Bonchev–Trinajstić information content (AvgIpc) is 3.01. The number of aromatic nitrogens is 3. The van der Waals surface area contributed by atoms with Gasteiger partial charge in [-0.1, -0.05) is 48.0 Å². The monoisotopic (exact) mass is 343 g/mol. The molecule has 0 aliphatic carbocycles. The van der Waals surface area contributed by atoms with Crippen LogP contribution in [0.25, 0.3) is 0 Å². The summed E-state index contributed by atoms with van der Waals surface area (Å²) < 4.78 is 1.77. The first-order valence-electron chi connectivity index (χ1n) is 7.72. The first-order chi connectivity index (χ1) is 11.6. The van der Waals surface area contributed by atoms with Gasteiger partial charge >= 0.3 is 0 Å². The molecule has 0 radical (unpaired) electrons. The minimum atomic E-state index is -0.860. The number of hydrogen-bond acceptors (Lipinski definition) is 4. The lowest BCUT2D eigenvalue weighted by Crippen LogP contribution is -2.05. The van der Waals surface area contributed by atoms with Gasteiger partial charge in [0.2, 0.25) is 0 Å². The van der Waals surface area contributed by atoms with Gasteiger partial charge < -0.3 is 10.2 Å². The summed E-state index contributed by atoms with van der Waals surface area (Å²) >= 11 is 5.96. The van der Waals surface area contributed by atoms with Crippen molar-refractivity contribution >= 4 is 11.6 Å². The van der Waals surface area contributed by atoms with E-state index in [2.05, 4.69) is 10.1 Å². The normalized spacial score (nSPS) is 12.3. The Morgan fingerprint density at radius 2 is 1.92 bits per heavy atom. The summed E-state index contributed by atoms with van der Waals surface area (Å²) in [4.78, 5) is 4.50. The third-order valence-corrected chi connectivity index (χ3v) is 4.10. The van der Waals surface area contributed by atoms with Crippen molar-refractivity contribution in [1.82, 2.24) is 14.8 Å². The standard InChI is InChI=1S/C18H18ClN3O2/c1-2-22-16(11-12-8-9-15(23)14(19)10-12)20-18(21-22)17(24)13-6-4-3-5-7-13/h3-10,17,23-24H,2,11H2,1H3/t17-/m1/s1. The summed E-state index contributed by atoms with van der Waals surface area (Å²) in [5, 5.41) is 24.7. The van der Waals surface area contributed by atoms with Gasteiger partial charge in [-0.25, -0.2) is 9.67 Å². The smallest absolute Gasteiger partial charge is 0.183 e. The van der Waals surface area contributed by atoms with E-state index < -0.39 is 6.10 Å². The maximum atomic E-state index is 10.5. The van der Waals surface area contributed by atoms with E-state index in [0.717, 1.165) is 17.0 Å². The van der Waals surface area contributed by atoms with Crippen molar-refractivity contribution in [1.29, 1.82) is 0 Å².